The summed E-state index contributed by atoms with van der Waals surface area (Å²) >= 11 is 1.44. The minimum atomic E-state index is -0.0679. The summed E-state index contributed by atoms with van der Waals surface area (Å²) in [5, 5.41) is 10.1. The van der Waals surface area contributed by atoms with Crippen molar-refractivity contribution in [3.05, 3.63) is 89.2 Å². The zero-order chi connectivity index (χ0) is 23.5. The number of rotatable bonds is 5. The van der Waals surface area contributed by atoms with Gasteiger partial charge in [0, 0.05) is 41.8 Å². The number of para-hydroxylation sites is 1. The fourth-order valence-electron chi connectivity index (χ4n) is 4.14. The molecule has 0 aliphatic carbocycles. The maximum Gasteiger partial charge on any atom is 0.273 e. The molecule has 1 saturated heterocycles. The van der Waals surface area contributed by atoms with E-state index in [9.17, 15) is 9.59 Å². The number of carbonyl (C=O) groups is 2. The van der Waals surface area contributed by atoms with Crippen molar-refractivity contribution < 1.29 is 9.59 Å². The molecule has 2 aromatic carbocycles. The van der Waals surface area contributed by atoms with Crippen molar-refractivity contribution in [2.75, 3.05) is 13.1 Å². The lowest BCUT2D eigenvalue weighted by atomic mass is 10.0. The van der Waals surface area contributed by atoms with Crippen molar-refractivity contribution in [1.82, 2.24) is 25.0 Å². The Balaban J connectivity index is 1.19. The van der Waals surface area contributed by atoms with Gasteiger partial charge >= 0.3 is 0 Å². The van der Waals surface area contributed by atoms with Gasteiger partial charge in [-0.05, 0) is 43.5 Å². The zero-order valence-corrected chi connectivity index (χ0v) is 19.7. The molecule has 0 radical (unpaired) electrons. The Hall–Kier alpha value is -3.78. The third-order valence-corrected chi connectivity index (χ3v) is 6.97. The van der Waals surface area contributed by atoms with Crippen molar-refractivity contribution in [1.29, 1.82) is 0 Å². The molecular formula is C26H25N5O2S. The highest BCUT2D eigenvalue weighted by atomic mass is 32.1. The average molecular weight is 472 g/mol. The Morgan fingerprint density at radius 2 is 1.76 bits per heavy atom. The summed E-state index contributed by atoms with van der Waals surface area (Å²) in [4.78, 5) is 32.0. The van der Waals surface area contributed by atoms with Gasteiger partial charge < -0.3 is 10.2 Å². The Morgan fingerprint density at radius 3 is 2.53 bits per heavy atom. The third kappa shape index (κ3) is 4.63. The lowest BCUT2D eigenvalue weighted by molar-refractivity contribution is 0.0693. The van der Waals surface area contributed by atoms with Crippen LogP contribution in [0.15, 0.2) is 72.4 Å². The van der Waals surface area contributed by atoms with Gasteiger partial charge in [0.05, 0.1) is 11.9 Å². The number of benzene rings is 2. The predicted molar refractivity (Wildman–Crippen MR) is 132 cm³/mol. The van der Waals surface area contributed by atoms with Crippen LogP contribution in [0.5, 0.6) is 0 Å². The van der Waals surface area contributed by atoms with Gasteiger partial charge in [0.1, 0.15) is 10.7 Å². The van der Waals surface area contributed by atoms with Crippen LogP contribution in [0.2, 0.25) is 0 Å². The summed E-state index contributed by atoms with van der Waals surface area (Å²) in [6, 6.07) is 17.5. The van der Waals surface area contributed by atoms with E-state index in [2.05, 4.69) is 15.4 Å². The lowest BCUT2D eigenvalue weighted by Crippen LogP contribution is -2.46. The number of aromatic nitrogens is 3. The first-order valence-electron chi connectivity index (χ1n) is 11.3. The molecule has 1 aliphatic rings. The first kappa shape index (κ1) is 22.0. The molecule has 1 aliphatic heterocycles. The van der Waals surface area contributed by atoms with Crippen molar-refractivity contribution in [3.63, 3.8) is 0 Å². The first-order chi connectivity index (χ1) is 16.6. The van der Waals surface area contributed by atoms with E-state index < -0.39 is 0 Å². The van der Waals surface area contributed by atoms with E-state index in [0.29, 0.717) is 24.3 Å². The number of thiazole rings is 1. The minimum Gasteiger partial charge on any atom is -0.349 e. The van der Waals surface area contributed by atoms with Gasteiger partial charge in [0.25, 0.3) is 11.8 Å². The van der Waals surface area contributed by atoms with Crippen molar-refractivity contribution >= 4 is 23.2 Å². The molecule has 8 heteroatoms. The van der Waals surface area contributed by atoms with Gasteiger partial charge in [-0.3, -0.25) is 9.59 Å². The number of aryl methyl sites for hydroxylation is 1. The van der Waals surface area contributed by atoms with E-state index >= 15 is 0 Å². The molecule has 4 aromatic rings. The van der Waals surface area contributed by atoms with Crippen LogP contribution in [0.3, 0.4) is 0 Å². The van der Waals surface area contributed by atoms with Crippen LogP contribution in [0, 0.1) is 6.92 Å². The minimum absolute atomic E-state index is 0.0527. The van der Waals surface area contributed by atoms with Crippen molar-refractivity contribution in [2.24, 2.45) is 0 Å². The van der Waals surface area contributed by atoms with Gasteiger partial charge in [-0.25, -0.2) is 9.67 Å². The molecule has 5 rings (SSSR count). The highest BCUT2D eigenvalue weighted by Gasteiger charge is 2.26. The number of hydrogen-bond donors (Lipinski definition) is 1. The highest BCUT2D eigenvalue weighted by Crippen LogP contribution is 2.25. The summed E-state index contributed by atoms with van der Waals surface area (Å²) < 4.78 is 1.80. The average Bonchev–Trinajstić information content (AvgIpc) is 3.55. The van der Waals surface area contributed by atoms with Crippen molar-refractivity contribution in [2.45, 2.75) is 25.8 Å². The quantitative estimate of drug-likeness (QED) is 0.470. The second-order valence-electron chi connectivity index (χ2n) is 8.40. The van der Waals surface area contributed by atoms with E-state index in [1.807, 2.05) is 78.0 Å². The number of nitrogens with zero attached hydrogens (tertiary/aromatic N) is 4. The number of nitrogens with one attached hydrogen (secondary N) is 1. The molecule has 0 bridgehead atoms. The van der Waals surface area contributed by atoms with Crippen LogP contribution in [0.4, 0.5) is 0 Å². The largest absolute Gasteiger partial charge is 0.349 e. The molecule has 0 saturated carbocycles. The maximum absolute atomic E-state index is 13.0. The maximum atomic E-state index is 13.0. The van der Waals surface area contributed by atoms with Crippen molar-refractivity contribution in [3.8, 4) is 16.3 Å². The van der Waals surface area contributed by atoms with Crippen LogP contribution < -0.4 is 5.32 Å². The molecule has 2 aromatic heterocycles. The van der Waals surface area contributed by atoms with Gasteiger partial charge in [-0.2, -0.15) is 5.10 Å². The van der Waals surface area contributed by atoms with Crippen LogP contribution in [0.1, 0.15) is 39.3 Å². The van der Waals surface area contributed by atoms with Gasteiger partial charge in [-0.1, -0.05) is 36.4 Å². The second-order valence-corrected chi connectivity index (χ2v) is 9.26. The molecule has 2 amide bonds. The van der Waals surface area contributed by atoms with Crippen LogP contribution >= 0.6 is 11.3 Å². The Bertz CT molecular complexity index is 1310. The number of amides is 2. The summed E-state index contributed by atoms with van der Waals surface area (Å²) in [6.45, 7) is 3.12. The highest BCUT2D eigenvalue weighted by molar-refractivity contribution is 7.13. The summed E-state index contributed by atoms with van der Waals surface area (Å²) in [5.74, 6) is -0.121. The fourth-order valence-corrected chi connectivity index (χ4v) is 4.91. The third-order valence-electron chi connectivity index (χ3n) is 6.08. The van der Waals surface area contributed by atoms with Crippen LogP contribution in [0.25, 0.3) is 16.3 Å². The molecule has 172 valence electrons. The predicted octanol–water partition coefficient (Wildman–Crippen LogP) is 4.34. The van der Waals surface area contributed by atoms with E-state index in [1.54, 1.807) is 10.9 Å². The van der Waals surface area contributed by atoms with E-state index in [1.165, 1.54) is 11.3 Å². The van der Waals surface area contributed by atoms with E-state index in [0.717, 1.165) is 34.7 Å². The topological polar surface area (TPSA) is 80.1 Å². The number of hydrogen-bond acceptors (Lipinski definition) is 5. The molecular weight excluding hydrogens is 446 g/mol. The number of carbonyl (C=O) groups excluding carboxylic acids is 2. The van der Waals surface area contributed by atoms with E-state index in [-0.39, 0.29) is 17.9 Å². The van der Waals surface area contributed by atoms with Crippen LogP contribution in [-0.4, -0.2) is 50.6 Å². The lowest BCUT2D eigenvalue weighted by Gasteiger charge is -2.32. The van der Waals surface area contributed by atoms with Gasteiger partial charge in [-0.15, -0.1) is 11.3 Å². The molecule has 3 heterocycles. The molecule has 0 atom stereocenters. The summed E-state index contributed by atoms with van der Waals surface area (Å²) in [6.07, 6.45) is 5.14. The fraction of sp³-hybridized carbons (Fsp3) is 0.231. The normalized spacial score (nSPS) is 14.2. The van der Waals surface area contributed by atoms with Crippen LogP contribution in [-0.2, 0) is 0 Å². The second kappa shape index (κ2) is 9.61. The Labute approximate surface area is 202 Å². The monoisotopic (exact) mass is 471 g/mol. The summed E-state index contributed by atoms with van der Waals surface area (Å²) in [7, 11) is 0. The molecule has 34 heavy (non-hydrogen) atoms. The SMILES string of the molecule is Cc1ccccc1C(=O)NC1CCN(C(=O)c2csc(-c3cnn(-c4ccccc4)c3)n2)CC1. The van der Waals surface area contributed by atoms with Gasteiger partial charge in [0.2, 0.25) is 0 Å². The molecule has 1 N–H and O–H groups in total. The Morgan fingerprint density at radius 1 is 1.03 bits per heavy atom. The number of piperidine rings is 1. The van der Waals surface area contributed by atoms with E-state index in [4.69, 9.17) is 0 Å². The standard InChI is InChI=1S/C26H25N5O2S/c1-18-7-5-6-10-22(18)24(32)28-20-11-13-30(14-12-20)26(33)23-17-34-25(29-23)19-15-27-31(16-19)21-8-3-2-4-9-21/h2-10,15-17,20H,11-14H2,1H3,(H,28,32). The molecule has 7 nitrogen and oxygen atoms in total. The molecule has 0 unspecified atom stereocenters. The first-order valence-corrected chi connectivity index (χ1v) is 12.2. The zero-order valence-electron chi connectivity index (χ0n) is 18.8. The smallest absolute Gasteiger partial charge is 0.273 e. The molecule has 0 spiro atoms. The number of likely N-dealkylation sites (tertiary alicyclic amines) is 1. The summed E-state index contributed by atoms with van der Waals surface area (Å²) in [5.41, 5.74) is 3.97. The molecule has 1 fully saturated rings. The van der Waals surface area contributed by atoms with Gasteiger partial charge in [0.15, 0.2) is 0 Å². The Kier molecular flexibility index (Phi) is 6.22.